The van der Waals surface area contributed by atoms with Gasteiger partial charge in [0.25, 0.3) is 5.91 Å². The standard InChI is InChI=1S/C26H28FN3O5/c1-2-26(18-7-9-19(27)10-8-18)24(32)30(25(33)28-26)16-23(31)29-12-3-5-20(29)17-6-11-21-22(15-17)35-14-4-13-34-21/h6-11,15,20H,2-5,12-14,16H2,1H3,(H,28,33)/t20-,26+/m1/s1. The Balaban J connectivity index is 1.34. The molecule has 8 nitrogen and oxygen atoms in total. The Kier molecular flexibility index (Phi) is 6.08. The van der Waals surface area contributed by atoms with Crippen LogP contribution < -0.4 is 14.8 Å². The number of carbonyl (C=O) groups is 3. The molecule has 2 aromatic rings. The number of urea groups is 1. The molecule has 0 spiro atoms. The van der Waals surface area contributed by atoms with E-state index in [9.17, 15) is 18.8 Å². The lowest BCUT2D eigenvalue weighted by atomic mass is 9.87. The quantitative estimate of drug-likeness (QED) is 0.661. The summed E-state index contributed by atoms with van der Waals surface area (Å²) < 4.78 is 25.0. The monoisotopic (exact) mass is 481 g/mol. The minimum Gasteiger partial charge on any atom is -0.490 e. The van der Waals surface area contributed by atoms with Crippen LogP contribution in [-0.4, -0.2) is 53.9 Å². The number of halogens is 1. The first kappa shape index (κ1) is 23.1. The van der Waals surface area contributed by atoms with Crippen LogP contribution in [-0.2, 0) is 15.1 Å². The zero-order chi connectivity index (χ0) is 24.6. The topological polar surface area (TPSA) is 88.2 Å². The van der Waals surface area contributed by atoms with E-state index in [2.05, 4.69) is 5.32 Å². The molecule has 0 unspecified atom stereocenters. The zero-order valence-corrected chi connectivity index (χ0v) is 19.6. The van der Waals surface area contributed by atoms with Crippen LogP contribution in [0.25, 0.3) is 0 Å². The highest BCUT2D eigenvalue weighted by molar-refractivity contribution is 6.09. The number of hydrogen-bond acceptors (Lipinski definition) is 5. The van der Waals surface area contributed by atoms with E-state index in [1.165, 1.54) is 24.3 Å². The molecule has 1 N–H and O–H groups in total. The Hall–Kier alpha value is -3.62. The van der Waals surface area contributed by atoms with E-state index < -0.39 is 23.3 Å². The maximum Gasteiger partial charge on any atom is 0.325 e. The molecule has 184 valence electrons. The van der Waals surface area contributed by atoms with Crippen LogP contribution >= 0.6 is 0 Å². The van der Waals surface area contributed by atoms with Crippen LogP contribution in [0.4, 0.5) is 9.18 Å². The average Bonchev–Trinajstić information content (AvgIpc) is 3.35. The molecule has 5 rings (SSSR count). The number of imide groups is 1. The average molecular weight is 482 g/mol. The Morgan fingerprint density at radius 2 is 1.83 bits per heavy atom. The minimum atomic E-state index is -1.32. The van der Waals surface area contributed by atoms with Crippen molar-refractivity contribution in [1.82, 2.24) is 15.1 Å². The summed E-state index contributed by atoms with van der Waals surface area (Å²) in [6.07, 6.45) is 2.68. The predicted octanol–water partition coefficient (Wildman–Crippen LogP) is 3.51. The maximum absolute atomic E-state index is 13.4. The lowest BCUT2D eigenvalue weighted by Gasteiger charge is -2.28. The van der Waals surface area contributed by atoms with Gasteiger partial charge in [-0.15, -0.1) is 0 Å². The highest BCUT2D eigenvalue weighted by Crippen LogP contribution is 2.38. The van der Waals surface area contributed by atoms with Crippen LogP contribution in [0.2, 0.25) is 0 Å². The van der Waals surface area contributed by atoms with Gasteiger partial charge in [0.05, 0.1) is 19.3 Å². The van der Waals surface area contributed by atoms with Gasteiger partial charge in [-0.05, 0) is 54.7 Å². The van der Waals surface area contributed by atoms with Gasteiger partial charge >= 0.3 is 6.03 Å². The smallest absolute Gasteiger partial charge is 0.325 e. The molecule has 2 aromatic carbocycles. The maximum atomic E-state index is 13.4. The Bertz CT molecular complexity index is 1150. The summed E-state index contributed by atoms with van der Waals surface area (Å²) in [6, 6.07) is 10.4. The first-order chi connectivity index (χ1) is 16.9. The normalized spacial score (nSPS) is 23.9. The van der Waals surface area contributed by atoms with Gasteiger partial charge in [-0.2, -0.15) is 0 Å². The Morgan fingerprint density at radius 3 is 2.57 bits per heavy atom. The number of hydrogen-bond donors (Lipinski definition) is 1. The molecule has 4 amide bonds. The third-order valence-electron chi connectivity index (χ3n) is 7.07. The molecule has 0 radical (unpaired) electrons. The molecule has 0 bridgehead atoms. The fourth-order valence-electron chi connectivity index (χ4n) is 5.17. The highest BCUT2D eigenvalue weighted by atomic mass is 19.1. The van der Waals surface area contributed by atoms with E-state index in [1.54, 1.807) is 11.8 Å². The van der Waals surface area contributed by atoms with Gasteiger partial charge in [0.1, 0.15) is 17.9 Å². The number of nitrogens with zero attached hydrogens (tertiary/aromatic N) is 2. The molecule has 3 aliphatic rings. The van der Waals surface area contributed by atoms with E-state index in [-0.39, 0.29) is 24.9 Å². The molecule has 2 atom stereocenters. The van der Waals surface area contributed by atoms with E-state index in [1.807, 2.05) is 18.2 Å². The molecular formula is C26H28FN3O5. The molecule has 3 heterocycles. The van der Waals surface area contributed by atoms with Gasteiger partial charge in [0.15, 0.2) is 11.5 Å². The van der Waals surface area contributed by atoms with Crippen LogP contribution in [0.1, 0.15) is 49.8 Å². The summed E-state index contributed by atoms with van der Waals surface area (Å²) in [6.45, 7) is 3.13. The van der Waals surface area contributed by atoms with Gasteiger partial charge in [0, 0.05) is 13.0 Å². The van der Waals surface area contributed by atoms with E-state index in [0.717, 1.165) is 29.7 Å². The van der Waals surface area contributed by atoms with Crippen molar-refractivity contribution in [3.05, 3.63) is 59.4 Å². The fourth-order valence-corrected chi connectivity index (χ4v) is 5.17. The number of rotatable bonds is 5. The molecule has 35 heavy (non-hydrogen) atoms. The van der Waals surface area contributed by atoms with Crippen molar-refractivity contribution in [3.63, 3.8) is 0 Å². The Morgan fingerprint density at radius 1 is 1.09 bits per heavy atom. The Labute approximate surface area is 203 Å². The van der Waals surface area contributed by atoms with Crippen molar-refractivity contribution in [1.29, 1.82) is 0 Å². The molecule has 9 heteroatoms. The van der Waals surface area contributed by atoms with E-state index in [0.29, 0.717) is 36.8 Å². The first-order valence-corrected chi connectivity index (χ1v) is 12.0. The molecule has 3 aliphatic heterocycles. The van der Waals surface area contributed by atoms with Crippen molar-refractivity contribution in [3.8, 4) is 11.5 Å². The van der Waals surface area contributed by atoms with Gasteiger partial charge < -0.3 is 19.7 Å². The molecular weight excluding hydrogens is 453 g/mol. The zero-order valence-electron chi connectivity index (χ0n) is 19.6. The summed E-state index contributed by atoms with van der Waals surface area (Å²) in [5, 5.41) is 2.75. The number of carbonyl (C=O) groups excluding carboxylic acids is 3. The van der Waals surface area contributed by atoms with Crippen molar-refractivity contribution in [2.75, 3.05) is 26.3 Å². The lowest BCUT2D eigenvalue weighted by molar-refractivity contribution is -0.139. The SMILES string of the molecule is CC[C@@]1(c2ccc(F)cc2)NC(=O)N(CC(=O)N2CCC[C@@H]2c2ccc3c(c2)OCCCO3)C1=O. The van der Waals surface area contributed by atoms with Crippen LogP contribution in [0.3, 0.4) is 0 Å². The summed E-state index contributed by atoms with van der Waals surface area (Å²) >= 11 is 0. The lowest BCUT2D eigenvalue weighted by Crippen LogP contribution is -2.45. The number of fused-ring (bicyclic) bond motifs is 1. The molecule has 2 fully saturated rings. The van der Waals surface area contributed by atoms with E-state index in [4.69, 9.17) is 9.47 Å². The number of amides is 4. The van der Waals surface area contributed by atoms with Crippen molar-refractivity contribution < 1.29 is 28.2 Å². The summed E-state index contributed by atoms with van der Waals surface area (Å²) in [4.78, 5) is 42.3. The van der Waals surface area contributed by atoms with Gasteiger partial charge in [-0.25, -0.2) is 9.18 Å². The number of benzene rings is 2. The summed E-state index contributed by atoms with van der Waals surface area (Å²) in [5.74, 6) is 0.127. The summed E-state index contributed by atoms with van der Waals surface area (Å²) in [7, 11) is 0. The van der Waals surface area contributed by atoms with Gasteiger partial charge in [-0.3, -0.25) is 14.5 Å². The van der Waals surface area contributed by atoms with Crippen molar-refractivity contribution >= 4 is 17.8 Å². The van der Waals surface area contributed by atoms with Crippen LogP contribution in [0.15, 0.2) is 42.5 Å². The van der Waals surface area contributed by atoms with Crippen molar-refractivity contribution in [2.24, 2.45) is 0 Å². The second kappa shape index (κ2) is 9.20. The molecule has 0 saturated carbocycles. The number of likely N-dealkylation sites (tertiary alicyclic amines) is 1. The first-order valence-electron chi connectivity index (χ1n) is 12.0. The second-order valence-corrected chi connectivity index (χ2v) is 9.09. The molecule has 2 saturated heterocycles. The van der Waals surface area contributed by atoms with Gasteiger partial charge in [-0.1, -0.05) is 25.1 Å². The third-order valence-corrected chi connectivity index (χ3v) is 7.07. The number of nitrogens with one attached hydrogen (secondary N) is 1. The minimum absolute atomic E-state index is 0.173. The van der Waals surface area contributed by atoms with Gasteiger partial charge in [0.2, 0.25) is 5.91 Å². The number of ether oxygens (including phenoxy) is 2. The highest BCUT2D eigenvalue weighted by Gasteiger charge is 2.52. The van der Waals surface area contributed by atoms with E-state index >= 15 is 0 Å². The van der Waals surface area contributed by atoms with Crippen molar-refractivity contribution in [2.45, 2.75) is 44.2 Å². The predicted molar refractivity (Wildman–Crippen MR) is 124 cm³/mol. The molecule has 0 aliphatic carbocycles. The molecule has 0 aromatic heterocycles. The van der Waals surface area contributed by atoms with Crippen LogP contribution in [0, 0.1) is 5.82 Å². The summed E-state index contributed by atoms with van der Waals surface area (Å²) in [5.41, 5.74) is 0.108. The third kappa shape index (κ3) is 4.09. The second-order valence-electron chi connectivity index (χ2n) is 9.09. The van der Waals surface area contributed by atoms with Crippen LogP contribution in [0.5, 0.6) is 11.5 Å². The largest absolute Gasteiger partial charge is 0.490 e. The fraction of sp³-hybridized carbons (Fsp3) is 0.423.